The number of carbonyl (C=O) groups is 2. The number of benzene rings is 2. The van der Waals surface area contributed by atoms with Gasteiger partial charge in [0.2, 0.25) is 11.8 Å². The van der Waals surface area contributed by atoms with Gasteiger partial charge in [-0.05, 0) is 42.7 Å². The Morgan fingerprint density at radius 2 is 1.58 bits per heavy atom. The Kier molecular flexibility index (Phi) is 6.86. The van der Waals surface area contributed by atoms with Crippen LogP contribution in [0.15, 0.2) is 53.4 Å². The summed E-state index contributed by atoms with van der Waals surface area (Å²) < 4.78 is 0. The zero-order chi connectivity index (χ0) is 19.2. The monoisotopic (exact) mass is 370 g/mol. The molecule has 4 nitrogen and oxygen atoms in total. The van der Waals surface area contributed by atoms with E-state index in [2.05, 4.69) is 10.6 Å². The van der Waals surface area contributed by atoms with Crippen LogP contribution >= 0.6 is 11.8 Å². The highest BCUT2D eigenvalue weighted by Gasteiger charge is 2.16. The fourth-order valence-corrected chi connectivity index (χ4v) is 3.09. The van der Waals surface area contributed by atoms with E-state index >= 15 is 0 Å². The van der Waals surface area contributed by atoms with Crippen LogP contribution < -0.4 is 10.6 Å². The van der Waals surface area contributed by atoms with Gasteiger partial charge < -0.3 is 10.6 Å². The number of hydrogen-bond acceptors (Lipinski definition) is 3. The topological polar surface area (TPSA) is 58.2 Å². The van der Waals surface area contributed by atoms with Crippen molar-refractivity contribution in [3.8, 4) is 0 Å². The Labute approximate surface area is 159 Å². The quantitative estimate of drug-likeness (QED) is 0.696. The first-order valence-corrected chi connectivity index (χ1v) is 9.59. The maximum absolute atomic E-state index is 12.1. The molecule has 0 saturated carbocycles. The van der Waals surface area contributed by atoms with E-state index in [0.29, 0.717) is 12.2 Å². The van der Waals surface area contributed by atoms with Gasteiger partial charge in [-0.1, -0.05) is 44.5 Å². The Balaban J connectivity index is 1.86. The summed E-state index contributed by atoms with van der Waals surface area (Å²) in [5, 5.41) is 5.80. The van der Waals surface area contributed by atoms with Crippen molar-refractivity contribution in [1.29, 1.82) is 0 Å². The van der Waals surface area contributed by atoms with Crippen molar-refractivity contribution < 1.29 is 9.59 Å². The average Bonchev–Trinajstić information content (AvgIpc) is 2.54. The van der Waals surface area contributed by atoms with Gasteiger partial charge in [0.05, 0.1) is 5.75 Å². The van der Waals surface area contributed by atoms with Gasteiger partial charge in [-0.2, -0.15) is 0 Å². The van der Waals surface area contributed by atoms with Crippen molar-refractivity contribution >= 4 is 35.0 Å². The van der Waals surface area contributed by atoms with E-state index in [4.69, 9.17) is 0 Å². The highest BCUT2D eigenvalue weighted by atomic mass is 32.2. The van der Waals surface area contributed by atoms with Crippen molar-refractivity contribution in [3.63, 3.8) is 0 Å². The molecule has 2 N–H and O–H groups in total. The largest absolute Gasteiger partial charge is 0.326 e. The van der Waals surface area contributed by atoms with Crippen molar-refractivity contribution in [2.75, 3.05) is 16.4 Å². The van der Waals surface area contributed by atoms with Crippen molar-refractivity contribution in [2.24, 2.45) is 5.41 Å². The molecule has 0 aliphatic carbocycles. The van der Waals surface area contributed by atoms with Crippen LogP contribution in [-0.4, -0.2) is 17.6 Å². The fourth-order valence-electron chi connectivity index (χ4n) is 2.33. The van der Waals surface area contributed by atoms with Crippen LogP contribution in [0.1, 0.15) is 32.8 Å². The molecule has 5 heteroatoms. The third kappa shape index (κ3) is 7.31. The van der Waals surface area contributed by atoms with E-state index in [0.717, 1.165) is 21.8 Å². The van der Waals surface area contributed by atoms with Gasteiger partial charge >= 0.3 is 0 Å². The number of aryl methyl sites for hydroxylation is 1. The molecular weight excluding hydrogens is 344 g/mol. The van der Waals surface area contributed by atoms with Crippen LogP contribution in [0.3, 0.4) is 0 Å². The summed E-state index contributed by atoms with van der Waals surface area (Å²) in [4.78, 5) is 25.1. The molecule has 0 aromatic heterocycles. The highest BCUT2D eigenvalue weighted by molar-refractivity contribution is 8.00. The van der Waals surface area contributed by atoms with Crippen molar-refractivity contribution in [2.45, 2.75) is 39.0 Å². The molecule has 2 aromatic carbocycles. The number of amides is 2. The molecule has 0 spiro atoms. The maximum Gasteiger partial charge on any atom is 0.234 e. The standard InChI is InChI=1S/C21H26N2O2S/c1-15-8-10-16(11-9-15)22-20(25)14-26-18-7-5-6-17(12-18)23-19(24)13-21(2,3)4/h5-12H,13-14H2,1-4H3,(H,22,25)(H,23,24). The molecule has 0 unspecified atom stereocenters. The van der Waals surface area contributed by atoms with Crippen LogP contribution in [-0.2, 0) is 9.59 Å². The summed E-state index contributed by atoms with van der Waals surface area (Å²) in [6.07, 6.45) is 0.462. The Morgan fingerprint density at radius 1 is 0.923 bits per heavy atom. The number of rotatable bonds is 6. The third-order valence-corrected chi connectivity index (χ3v) is 4.51. The fraction of sp³-hybridized carbons (Fsp3) is 0.333. The summed E-state index contributed by atoms with van der Waals surface area (Å²) in [5.41, 5.74) is 2.65. The molecule has 0 aliphatic heterocycles. The average molecular weight is 371 g/mol. The second kappa shape index (κ2) is 8.90. The van der Waals surface area contributed by atoms with Gasteiger partial charge in [0.15, 0.2) is 0 Å². The first-order valence-electron chi connectivity index (χ1n) is 8.60. The van der Waals surface area contributed by atoms with Crippen LogP contribution in [0.5, 0.6) is 0 Å². The van der Waals surface area contributed by atoms with Gasteiger partial charge in [0.1, 0.15) is 0 Å². The number of hydrogen-bond donors (Lipinski definition) is 2. The summed E-state index contributed by atoms with van der Waals surface area (Å²) >= 11 is 1.44. The van der Waals surface area contributed by atoms with E-state index in [-0.39, 0.29) is 17.2 Å². The SMILES string of the molecule is Cc1ccc(NC(=O)CSc2cccc(NC(=O)CC(C)(C)C)c2)cc1. The Bertz CT molecular complexity index is 764. The lowest BCUT2D eigenvalue weighted by Gasteiger charge is -2.17. The number of thioether (sulfide) groups is 1. The van der Waals surface area contributed by atoms with E-state index in [9.17, 15) is 9.59 Å². The maximum atomic E-state index is 12.1. The molecule has 138 valence electrons. The van der Waals surface area contributed by atoms with E-state index < -0.39 is 0 Å². The van der Waals surface area contributed by atoms with E-state index in [1.165, 1.54) is 11.8 Å². The van der Waals surface area contributed by atoms with Crippen LogP contribution in [0, 0.1) is 12.3 Å². The zero-order valence-corrected chi connectivity index (χ0v) is 16.6. The molecule has 2 aromatic rings. The number of carbonyl (C=O) groups excluding carboxylic acids is 2. The predicted octanol–water partition coefficient (Wildman–Crippen LogP) is 5.10. The van der Waals surface area contributed by atoms with Crippen molar-refractivity contribution in [1.82, 2.24) is 0 Å². The summed E-state index contributed by atoms with van der Waals surface area (Å²) in [6.45, 7) is 8.11. The van der Waals surface area contributed by atoms with Gasteiger partial charge in [-0.15, -0.1) is 11.8 Å². The minimum absolute atomic E-state index is 0.00300. The minimum atomic E-state index is -0.0546. The van der Waals surface area contributed by atoms with Gasteiger partial charge in [0.25, 0.3) is 0 Å². The minimum Gasteiger partial charge on any atom is -0.326 e. The number of anilines is 2. The summed E-state index contributed by atoms with van der Waals surface area (Å²) in [7, 11) is 0. The van der Waals surface area contributed by atoms with E-state index in [1.54, 1.807) is 0 Å². The summed E-state index contributed by atoms with van der Waals surface area (Å²) in [6, 6.07) is 15.3. The molecule has 0 heterocycles. The Hall–Kier alpha value is -2.27. The molecule has 2 amide bonds. The Morgan fingerprint density at radius 3 is 2.23 bits per heavy atom. The zero-order valence-electron chi connectivity index (χ0n) is 15.8. The molecule has 26 heavy (non-hydrogen) atoms. The van der Waals surface area contributed by atoms with Crippen LogP contribution in [0.4, 0.5) is 11.4 Å². The molecule has 0 aliphatic rings. The highest BCUT2D eigenvalue weighted by Crippen LogP contribution is 2.24. The second-order valence-corrected chi connectivity index (χ2v) is 8.57. The molecule has 0 fully saturated rings. The van der Waals surface area contributed by atoms with Gasteiger partial charge in [0, 0.05) is 22.7 Å². The van der Waals surface area contributed by atoms with Gasteiger partial charge in [-0.25, -0.2) is 0 Å². The smallest absolute Gasteiger partial charge is 0.234 e. The molecule has 2 rings (SSSR count). The first-order chi connectivity index (χ1) is 12.2. The van der Waals surface area contributed by atoms with Crippen molar-refractivity contribution in [3.05, 3.63) is 54.1 Å². The predicted molar refractivity (Wildman–Crippen MR) is 110 cm³/mol. The molecular formula is C21H26N2O2S. The molecule has 0 radical (unpaired) electrons. The third-order valence-electron chi connectivity index (χ3n) is 3.51. The molecule has 0 atom stereocenters. The molecule has 0 saturated heterocycles. The lowest BCUT2D eigenvalue weighted by molar-refractivity contribution is -0.118. The lowest BCUT2D eigenvalue weighted by atomic mass is 9.92. The first kappa shape index (κ1) is 20.0. The second-order valence-electron chi connectivity index (χ2n) is 7.52. The normalized spacial score (nSPS) is 11.1. The van der Waals surface area contributed by atoms with E-state index in [1.807, 2.05) is 76.2 Å². The molecule has 0 bridgehead atoms. The van der Waals surface area contributed by atoms with Gasteiger partial charge in [-0.3, -0.25) is 9.59 Å². The number of nitrogens with one attached hydrogen (secondary N) is 2. The lowest BCUT2D eigenvalue weighted by Crippen LogP contribution is -2.19. The summed E-state index contributed by atoms with van der Waals surface area (Å²) in [5.74, 6) is 0.255. The van der Waals surface area contributed by atoms with Crippen LogP contribution in [0.25, 0.3) is 0 Å². The van der Waals surface area contributed by atoms with Crippen LogP contribution in [0.2, 0.25) is 0 Å².